The van der Waals surface area contributed by atoms with E-state index >= 15 is 0 Å². The van der Waals surface area contributed by atoms with Crippen LogP contribution in [0.4, 0.5) is 4.39 Å². The summed E-state index contributed by atoms with van der Waals surface area (Å²) in [5, 5.41) is 3.33. The summed E-state index contributed by atoms with van der Waals surface area (Å²) in [6.07, 6.45) is 0. The first-order valence-corrected chi connectivity index (χ1v) is 6.55. The Bertz CT molecular complexity index is 545. The van der Waals surface area contributed by atoms with Gasteiger partial charge in [0.25, 0.3) is 0 Å². The minimum absolute atomic E-state index is 0.0874. The molecule has 0 aromatic heterocycles. The lowest BCUT2D eigenvalue weighted by Gasteiger charge is -2.18. The minimum Gasteiger partial charge on any atom is -0.494 e. The van der Waals surface area contributed by atoms with Crippen molar-refractivity contribution in [2.45, 2.75) is 12.6 Å². The monoisotopic (exact) mass is 274 g/mol. The number of nitrogens with one attached hydrogen (secondary N) is 1. The number of benzene rings is 2. The fraction of sp³-hybridized carbons (Fsp3) is 0.250. The van der Waals surface area contributed by atoms with Crippen LogP contribution in [0.2, 0.25) is 0 Å². The summed E-state index contributed by atoms with van der Waals surface area (Å²) in [7, 11) is 1.45. The lowest BCUT2D eigenvalue weighted by atomic mass is 10.1. The third-order valence-corrected chi connectivity index (χ3v) is 3.21. The SMILES string of the molecule is COc1ccc(C(CN)NCc2ccccc2)cc1F. The minimum atomic E-state index is -0.370. The first kappa shape index (κ1) is 14.5. The molecule has 0 aliphatic heterocycles. The van der Waals surface area contributed by atoms with Gasteiger partial charge in [-0.2, -0.15) is 0 Å². The number of methoxy groups -OCH3 is 1. The Morgan fingerprint density at radius 2 is 1.95 bits per heavy atom. The Morgan fingerprint density at radius 3 is 2.55 bits per heavy atom. The van der Waals surface area contributed by atoms with E-state index in [9.17, 15) is 4.39 Å². The fourth-order valence-corrected chi connectivity index (χ4v) is 2.07. The number of halogens is 1. The second-order valence-corrected chi connectivity index (χ2v) is 4.55. The maximum Gasteiger partial charge on any atom is 0.165 e. The van der Waals surface area contributed by atoms with Gasteiger partial charge in [-0.1, -0.05) is 36.4 Å². The van der Waals surface area contributed by atoms with Crippen LogP contribution in [0, 0.1) is 5.82 Å². The molecular weight excluding hydrogens is 255 g/mol. The van der Waals surface area contributed by atoms with Gasteiger partial charge >= 0.3 is 0 Å². The highest BCUT2D eigenvalue weighted by atomic mass is 19.1. The molecule has 2 rings (SSSR count). The molecule has 0 bridgehead atoms. The smallest absolute Gasteiger partial charge is 0.165 e. The predicted octanol–water partition coefficient (Wildman–Crippen LogP) is 2.62. The van der Waals surface area contributed by atoms with E-state index in [0.29, 0.717) is 13.1 Å². The van der Waals surface area contributed by atoms with Crippen molar-refractivity contribution < 1.29 is 9.13 Å². The van der Waals surface area contributed by atoms with Crippen LogP contribution in [-0.4, -0.2) is 13.7 Å². The Balaban J connectivity index is 2.06. The van der Waals surface area contributed by atoms with Crippen molar-refractivity contribution in [3.05, 3.63) is 65.5 Å². The van der Waals surface area contributed by atoms with Crippen LogP contribution in [0.3, 0.4) is 0 Å². The van der Waals surface area contributed by atoms with E-state index in [0.717, 1.165) is 5.56 Å². The number of hydrogen-bond acceptors (Lipinski definition) is 3. The molecule has 3 nitrogen and oxygen atoms in total. The van der Waals surface area contributed by atoms with Crippen molar-refractivity contribution in [2.24, 2.45) is 5.73 Å². The average molecular weight is 274 g/mol. The van der Waals surface area contributed by atoms with Gasteiger partial charge in [-0.25, -0.2) is 4.39 Å². The molecule has 2 aromatic carbocycles. The maximum atomic E-state index is 13.7. The lowest BCUT2D eigenvalue weighted by Crippen LogP contribution is -2.27. The van der Waals surface area contributed by atoms with Gasteiger partial charge < -0.3 is 15.8 Å². The molecule has 0 aliphatic rings. The van der Waals surface area contributed by atoms with E-state index < -0.39 is 0 Å². The average Bonchev–Trinajstić information content (AvgIpc) is 2.49. The van der Waals surface area contributed by atoms with E-state index in [-0.39, 0.29) is 17.6 Å². The first-order chi connectivity index (χ1) is 9.74. The standard InChI is InChI=1S/C16H19FN2O/c1-20-16-8-7-13(9-14(16)17)15(10-18)19-11-12-5-3-2-4-6-12/h2-9,15,19H,10-11,18H2,1H3. The van der Waals surface area contributed by atoms with Crippen LogP contribution in [0.15, 0.2) is 48.5 Å². The maximum absolute atomic E-state index is 13.7. The molecule has 2 aromatic rings. The largest absolute Gasteiger partial charge is 0.494 e. The van der Waals surface area contributed by atoms with Gasteiger partial charge in [-0.05, 0) is 23.3 Å². The molecule has 0 amide bonds. The lowest BCUT2D eigenvalue weighted by molar-refractivity contribution is 0.385. The summed E-state index contributed by atoms with van der Waals surface area (Å²) < 4.78 is 18.6. The molecule has 0 aliphatic carbocycles. The van der Waals surface area contributed by atoms with Crippen LogP contribution in [0.5, 0.6) is 5.75 Å². The number of rotatable bonds is 6. The van der Waals surface area contributed by atoms with Gasteiger partial charge in [0.15, 0.2) is 11.6 Å². The molecule has 20 heavy (non-hydrogen) atoms. The molecular formula is C16H19FN2O. The second-order valence-electron chi connectivity index (χ2n) is 4.55. The molecule has 0 spiro atoms. The highest BCUT2D eigenvalue weighted by molar-refractivity contribution is 5.31. The summed E-state index contributed by atoms with van der Waals surface area (Å²) in [6, 6.07) is 14.9. The molecule has 1 atom stereocenters. The highest BCUT2D eigenvalue weighted by Gasteiger charge is 2.12. The Kier molecular flexibility index (Phi) is 5.09. The van der Waals surface area contributed by atoms with Crippen molar-refractivity contribution in [3.63, 3.8) is 0 Å². The molecule has 3 N–H and O–H groups in total. The first-order valence-electron chi connectivity index (χ1n) is 6.55. The Hall–Kier alpha value is -1.91. The van der Waals surface area contributed by atoms with Crippen LogP contribution >= 0.6 is 0 Å². The van der Waals surface area contributed by atoms with Crippen molar-refractivity contribution >= 4 is 0 Å². The van der Waals surface area contributed by atoms with E-state index in [1.165, 1.54) is 18.7 Å². The molecule has 0 fully saturated rings. The van der Waals surface area contributed by atoms with Gasteiger partial charge in [0.05, 0.1) is 7.11 Å². The summed E-state index contributed by atoms with van der Waals surface area (Å²) in [5.41, 5.74) is 7.76. The summed E-state index contributed by atoms with van der Waals surface area (Å²) in [6.45, 7) is 1.09. The van der Waals surface area contributed by atoms with Gasteiger partial charge in [0, 0.05) is 19.1 Å². The van der Waals surface area contributed by atoms with Crippen LogP contribution in [-0.2, 0) is 6.54 Å². The van der Waals surface area contributed by atoms with Crippen LogP contribution in [0.1, 0.15) is 17.2 Å². The van der Waals surface area contributed by atoms with E-state index in [1.54, 1.807) is 6.07 Å². The molecule has 1 unspecified atom stereocenters. The second kappa shape index (κ2) is 7.03. The zero-order valence-corrected chi connectivity index (χ0v) is 11.5. The fourth-order valence-electron chi connectivity index (χ4n) is 2.07. The van der Waals surface area contributed by atoms with E-state index in [2.05, 4.69) is 5.32 Å². The van der Waals surface area contributed by atoms with Gasteiger partial charge in [-0.3, -0.25) is 0 Å². The van der Waals surface area contributed by atoms with Crippen LogP contribution < -0.4 is 15.8 Å². The Labute approximate surface area is 118 Å². The quantitative estimate of drug-likeness (QED) is 0.851. The topological polar surface area (TPSA) is 47.3 Å². The molecule has 106 valence electrons. The van der Waals surface area contributed by atoms with E-state index in [4.69, 9.17) is 10.5 Å². The van der Waals surface area contributed by atoms with Crippen LogP contribution in [0.25, 0.3) is 0 Å². The molecule has 0 saturated heterocycles. The van der Waals surface area contributed by atoms with Gasteiger partial charge in [0.2, 0.25) is 0 Å². The Morgan fingerprint density at radius 1 is 1.20 bits per heavy atom. The van der Waals surface area contributed by atoms with Crippen molar-refractivity contribution in [1.29, 1.82) is 0 Å². The van der Waals surface area contributed by atoms with Crippen molar-refractivity contribution in [2.75, 3.05) is 13.7 Å². The number of hydrogen-bond donors (Lipinski definition) is 2. The summed E-state index contributed by atoms with van der Waals surface area (Å²) in [4.78, 5) is 0. The van der Waals surface area contributed by atoms with Crippen molar-refractivity contribution in [1.82, 2.24) is 5.32 Å². The molecule has 0 heterocycles. The van der Waals surface area contributed by atoms with Crippen molar-refractivity contribution in [3.8, 4) is 5.75 Å². The summed E-state index contributed by atoms with van der Waals surface area (Å²) in [5.74, 6) is -0.127. The normalized spacial score (nSPS) is 12.2. The van der Waals surface area contributed by atoms with Gasteiger partial charge in [-0.15, -0.1) is 0 Å². The third kappa shape index (κ3) is 3.56. The number of ether oxygens (including phenoxy) is 1. The molecule has 0 saturated carbocycles. The zero-order chi connectivity index (χ0) is 14.4. The predicted molar refractivity (Wildman–Crippen MR) is 78.0 cm³/mol. The third-order valence-electron chi connectivity index (χ3n) is 3.21. The summed E-state index contributed by atoms with van der Waals surface area (Å²) >= 11 is 0. The van der Waals surface area contributed by atoms with Gasteiger partial charge in [0.1, 0.15) is 0 Å². The number of nitrogens with two attached hydrogens (primary N) is 1. The molecule has 4 heteroatoms. The zero-order valence-electron chi connectivity index (χ0n) is 11.5. The van der Waals surface area contributed by atoms with E-state index in [1.807, 2.05) is 36.4 Å². The molecule has 0 radical (unpaired) electrons. The highest BCUT2D eigenvalue weighted by Crippen LogP contribution is 2.21.